The molecule has 2 aromatic heterocycles. The van der Waals surface area contributed by atoms with Crippen LogP contribution in [0.2, 0.25) is 0 Å². The van der Waals surface area contributed by atoms with Crippen molar-refractivity contribution in [3.8, 4) is 17.2 Å². The number of aromatic nitrogens is 4. The quantitative estimate of drug-likeness (QED) is 0.337. The molecule has 0 aliphatic carbocycles. The Morgan fingerprint density at radius 2 is 1.76 bits per heavy atom. The molecule has 190 valence electrons. The molecular formula is C27H23F4N5O. The number of rotatable bonds is 5. The summed E-state index contributed by atoms with van der Waals surface area (Å²) >= 11 is 0. The van der Waals surface area contributed by atoms with Gasteiger partial charge in [-0.3, -0.25) is 4.79 Å². The maximum atomic E-state index is 13.5. The molecule has 37 heavy (non-hydrogen) atoms. The van der Waals surface area contributed by atoms with Crippen molar-refractivity contribution >= 4 is 5.91 Å². The van der Waals surface area contributed by atoms with E-state index in [0.717, 1.165) is 36.2 Å². The molecule has 0 radical (unpaired) electrons. The van der Waals surface area contributed by atoms with Crippen molar-refractivity contribution in [1.82, 2.24) is 24.6 Å². The molecule has 1 aliphatic rings. The van der Waals surface area contributed by atoms with Crippen LogP contribution in [0.25, 0.3) is 17.2 Å². The summed E-state index contributed by atoms with van der Waals surface area (Å²) in [5.41, 5.74) is 1.71. The van der Waals surface area contributed by atoms with Gasteiger partial charge in [-0.15, -0.1) is 0 Å². The molecule has 1 aliphatic heterocycles. The number of benzene rings is 2. The van der Waals surface area contributed by atoms with Gasteiger partial charge in [-0.2, -0.15) is 18.3 Å². The molecule has 1 fully saturated rings. The van der Waals surface area contributed by atoms with Gasteiger partial charge in [0.15, 0.2) is 0 Å². The largest absolute Gasteiger partial charge is 0.416 e. The average Bonchev–Trinajstić information content (AvgIpc) is 3.35. The van der Waals surface area contributed by atoms with Gasteiger partial charge in [0.05, 0.1) is 23.4 Å². The number of hydrogen-bond acceptors (Lipinski definition) is 4. The zero-order chi connectivity index (χ0) is 26.0. The van der Waals surface area contributed by atoms with E-state index in [-0.39, 0.29) is 24.1 Å². The normalized spacial score (nSPS) is 16.1. The molecule has 5 rings (SSSR count). The van der Waals surface area contributed by atoms with Gasteiger partial charge in [-0.25, -0.2) is 19.0 Å². The minimum atomic E-state index is -4.46. The number of likely N-dealkylation sites (tertiary alicyclic amines) is 1. The number of carbonyl (C=O) groups excluding carboxylic acids is 1. The lowest BCUT2D eigenvalue weighted by molar-refractivity contribution is -0.138. The first-order valence-corrected chi connectivity index (χ1v) is 11.8. The summed E-state index contributed by atoms with van der Waals surface area (Å²) in [6, 6.07) is 14.5. The Bertz CT molecular complexity index is 1390. The second-order valence-electron chi connectivity index (χ2n) is 8.98. The lowest BCUT2D eigenvalue weighted by Gasteiger charge is -2.33. The Labute approximate surface area is 210 Å². The molecule has 1 atom stereocenters. The van der Waals surface area contributed by atoms with E-state index in [2.05, 4.69) is 15.1 Å². The topological polar surface area (TPSA) is 63.9 Å². The summed E-state index contributed by atoms with van der Waals surface area (Å²) in [4.78, 5) is 23.4. The number of carbonyl (C=O) groups is 1. The highest BCUT2D eigenvalue weighted by Crippen LogP contribution is 2.32. The van der Waals surface area contributed by atoms with E-state index >= 15 is 0 Å². The van der Waals surface area contributed by atoms with Gasteiger partial charge in [0.1, 0.15) is 5.82 Å². The molecule has 0 spiro atoms. The number of nitrogens with zero attached hydrogens (tertiary/aromatic N) is 5. The standard InChI is InChI=1S/C27H23F4N5O/c28-22-9-7-19(8-10-22)23-16-24(36(34-23)26-32-11-3-12-33-26)20-5-2-13-35(17-20)25(37)15-18-4-1-6-21(14-18)27(29,30)31/h1,3-4,6-12,14,16,20H,2,5,13,15,17H2. The van der Waals surface area contributed by atoms with Crippen LogP contribution >= 0.6 is 0 Å². The van der Waals surface area contributed by atoms with Crippen molar-refractivity contribution in [3.63, 3.8) is 0 Å². The molecule has 1 unspecified atom stereocenters. The van der Waals surface area contributed by atoms with Crippen molar-refractivity contribution in [1.29, 1.82) is 0 Å². The van der Waals surface area contributed by atoms with E-state index in [1.54, 1.807) is 40.2 Å². The first-order valence-electron chi connectivity index (χ1n) is 11.8. The van der Waals surface area contributed by atoms with E-state index in [1.165, 1.54) is 24.3 Å². The lowest BCUT2D eigenvalue weighted by Crippen LogP contribution is -2.40. The number of hydrogen-bond donors (Lipinski definition) is 0. The highest BCUT2D eigenvalue weighted by atomic mass is 19.4. The van der Waals surface area contributed by atoms with Crippen LogP contribution in [0.15, 0.2) is 73.1 Å². The van der Waals surface area contributed by atoms with Gasteiger partial charge in [0, 0.05) is 37.0 Å². The summed E-state index contributed by atoms with van der Waals surface area (Å²) in [6.07, 6.45) is 0.155. The van der Waals surface area contributed by atoms with E-state index in [4.69, 9.17) is 0 Å². The number of halogens is 4. The smallest absolute Gasteiger partial charge is 0.342 e. The molecule has 10 heteroatoms. The first-order chi connectivity index (χ1) is 17.8. The molecule has 0 bridgehead atoms. The summed E-state index contributed by atoms with van der Waals surface area (Å²) in [7, 11) is 0. The van der Waals surface area contributed by atoms with Gasteiger partial charge in [-0.1, -0.05) is 18.2 Å². The highest BCUT2D eigenvalue weighted by Gasteiger charge is 2.32. The van der Waals surface area contributed by atoms with Crippen molar-refractivity contribution in [2.45, 2.75) is 31.4 Å². The van der Waals surface area contributed by atoms with Crippen LogP contribution in [-0.2, 0) is 17.4 Å². The first kappa shape index (κ1) is 24.6. The fourth-order valence-corrected chi connectivity index (χ4v) is 4.60. The van der Waals surface area contributed by atoms with Crippen LogP contribution in [0.3, 0.4) is 0 Å². The molecule has 0 saturated carbocycles. The van der Waals surface area contributed by atoms with E-state index in [9.17, 15) is 22.4 Å². The van der Waals surface area contributed by atoms with Crippen LogP contribution in [0.1, 0.15) is 35.6 Å². The summed E-state index contributed by atoms with van der Waals surface area (Å²) < 4.78 is 54.4. The highest BCUT2D eigenvalue weighted by molar-refractivity contribution is 5.79. The lowest BCUT2D eigenvalue weighted by atomic mass is 9.93. The van der Waals surface area contributed by atoms with Gasteiger partial charge < -0.3 is 4.90 Å². The fourth-order valence-electron chi connectivity index (χ4n) is 4.60. The zero-order valence-electron chi connectivity index (χ0n) is 19.7. The second kappa shape index (κ2) is 10.1. The molecule has 4 aromatic rings. The summed E-state index contributed by atoms with van der Waals surface area (Å²) in [6.45, 7) is 0.911. The Morgan fingerprint density at radius 1 is 1.00 bits per heavy atom. The molecule has 6 nitrogen and oxygen atoms in total. The van der Waals surface area contributed by atoms with Gasteiger partial charge in [0.2, 0.25) is 5.91 Å². The monoisotopic (exact) mass is 509 g/mol. The third kappa shape index (κ3) is 5.52. The van der Waals surface area contributed by atoms with E-state index in [0.29, 0.717) is 30.3 Å². The van der Waals surface area contributed by atoms with Crippen LogP contribution in [-0.4, -0.2) is 43.6 Å². The van der Waals surface area contributed by atoms with E-state index in [1.807, 2.05) is 6.07 Å². The maximum absolute atomic E-state index is 13.5. The van der Waals surface area contributed by atoms with Gasteiger partial charge in [0.25, 0.3) is 5.95 Å². The van der Waals surface area contributed by atoms with Crippen molar-refractivity contribution < 1.29 is 22.4 Å². The van der Waals surface area contributed by atoms with E-state index < -0.39 is 11.7 Å². The molecule has 3 heterocycles. The molecule has 0 N–H and O–H groups in total. The molecular weight excluding hydrogens is 486 g/mol. The molecule has 1 saturated heterocycles. The average molecular weight is 510 g/mol. The Morgan fingerprint density at radius 3 is 2.49 bits per heavy atom. The maximum Gasteiger partial charge on any atom is 0.416 e. The summed E-state index contributed by atoms with van der Waals surface area (Å²) in [5.74, 6) is -0.301. The molecule has 2 aromatic carbocycles. The fraction of sp³-hybridized carbons (Fsp3) is 0.259. The van der Waals surface area contributed by atoms with Gasteiger partial charge in [-0.05, 0) is 60.9 Å². The SMILES string of the molecule is O=C(Cc1cccc(C(F)(F)F)c1)N1CCCC(c2cc(-c3ccc(F)cc3)nn2-c2ncccn2)C1. The minimum Gasteiger partial charge on any atom is -0.342 e. The van der Waals surface area contributed by atoms with Crippen molar-refractivity contribution in [3.05, 3.63) is 95.7 Å². The summed E-state index contributed by atoms with van der Waals surface area (Å²) in [5, 5.41) is 4.69. The number of piperidine rings is 1. The minimum absolute atomic E-state index is 0.0929. The Kier molecular flexibility index (Phi) is 6.73. The van der Waals surface area contributed by atoms with Crippen LogP contribution in [0, 0.1) is 5.82 Å². The number of alkyl halides is 3. The third-order valence-corrected chi connectivity index (χ3v) is 6.42. The predicted octanol–water partition coefficient (Wildman–Crippen LogP) is 5.44. The zero-order valence-corrected chi connectivity index (χ0v) is 19.7. The Hall–Kier alpha value is -4.08. The second-order valence-corrected chi connectivity index (χ2v) is 8.98. The molecule has 1 amide bonds. The predicted molar refractivity (Wildman–Crippen MR) is 128 cm³/mol. The number of amides is 1. The van der Waals surface area contributed by atoms with Crippen LogP contribution in [0.5, 0.6) is 0 Å². The Balaban J connectivity index is 1.40. The third-order valence-electron chi connectivity index (χ3n) is 6.42. The van der Waals surface area contributed by atoms with Crippen molar-refractivity contribution in [2.24, 2.45) is 0 Å². The van der Waals surface area contributed by atoms with Crippen LogP contribution < -0.4 is 0 Å². The van der Waals surface area contributed by atoms with Gasteiger partial charge >= 0.3 is 6.18 Å². The van der Waals surface area contributed by atoms with Crippen molar-refractivity contribution in [2.75, 3.05) is 13.1 Å². The van der Waals surface area contributed by atoms with Crippen LogP contribution in [0.4, 0.5) is 17.6 Å².